The minimum Gasteiger partial charge on any atom is -0.444 e. The Hall–Kier alpha value is -2.31. The molecule has 0 fully saturated rings. The number of carbonyl (C=O) groups is 1. The number of nitrogens with zero attached hydrogens (tertiary/aromatic N) is 1. The highest BCUT2D eigenvalue weighted by Gasteiger charge is 2.20. The lowest BCUT2D eigenvalue weighted by Gasteiger charge is -2.28. The molecule has 0 saturated carbocycles. The maximum absolute atomic E-state index is 11.6. The number of hydrogen-bond donors (Lipinski definition) is 2. The molecule has 1 aromatic carbocycles. The molecule has 0 atom stereocenters. The maximum atomic E-state index is 11.6. The lowest BCUT2D eigenvalue weighted by atomic mass is 10.00. The number of hydrogen-bond acceptors (Lipinski definition) is 5. The first-order valence-corrected chi connectivity index (χ1v) is 7.48. The van der Waals surface area contributed by atoms with Crippen LogP contribution in [0.4, 0.5) is 16.2 Å². The molecule has 0 radical (unpaired) electrons. The summed E-state index contributed by atoms with van der Waals surface area (Å²) in [5, 5.41) is 16.6. The number of benzene rings is 1. The summed E-state index contributed by atoms with van der Waals surface area (Å²) in [6.07, 6.45) is 0.229. The van der Waals surface area contributed by atoms with Crippen LogP contribution in [0.3, 0.4) is 0 Å². The van der Waals surface area contributed by atoms with E-state index in [0.717, 1.165) is 5.69 Å². The minimum atomic E-state index is -0.517. The van der Waals surface area contributed by atoms with Gasteiger partial charge in [0.05, 0.1) is 4.92 Å². The van der Waals surface area contributed by atoms with Crippen molar-refractivity contribution in [1.82, 2.24) is 5.32 Å². The third-order valence-electron chi connectivity index (χ3n) is 2.98. The summed E-state index contributed by atoms with van der Waals surface area (Å²) in [4.78, 5) is 21.8. The molecule has 2 N–H and O–H groups in total. The Labute approximate surface area is 136 Å². The molecule has 0 spiro atoms. The smallest absolute Gasteiger partial charge is 0.407 e. The van der Waals surface area contributed by atoms with Gasteiger partial charge in [-0.15, -0.1) is 0 Å². The van der Waals surface area contributed by atoms with Gasteiger partial charge in [-0.1, -0.05) is 0 Å². The number of ether oxygens (including phenoxy) is 1. The van der Waals surface area contributed by atoms with E-state index in [-0.39, 0.29) is 11.2 Å². The van der Waals surface area contributed by atoms with E-state index < -0.39 is 16.6 Å². The molecule has 0 aliphatic rings. The highest BCUT2D eigenvalue weighted by Crippen LogP contribution is 2.20. The standard InChI is InChI=1S/C16H25N3O4/c1-15(2,3)23-14(20)17-11-10-16(4,5)18-12-6-8-13(9-7-12)19(21)22/h6-9,18H,10-11H2,1-5H3,(H,17,20). The number of nitro benzene ring substituents is 1. The molecule has 0 aliphatic carbocycles. The van der Waals surface area contributed by atoms with E-state index in [4.69, 9.17) is 4.74 Å². The first-order chi connectivity index (χ1) is 10.5. The van der Waals surface area contributed by atoms with Crippen LogP contribution in [0.5, 0.6) is 0 Å². The number of non-ortho nitro benzene ring substituents is 1. The Balaban J connectivity index is 2.46. The van der Waals surface area contributed by atoms with Crippen LogP contribution < -0.4 is 10.6 Å². The molecule has 7 nitrogen and oxygen atoms in total. The van der Waals surface area contributed by atoms with Crippen molar-refractivity contribution < 1.29 is 14.5 Å². The second-order valence-electron chi connectivity index (χ2n) is 6.99. The molecule has 0 aromatic heterocycles. The van der Waals surface area contributed by atoms with Crippen molar-refractivity contribution in [3.63, 3.8) is 0 Å². The van der Waals surface area contributed by atoms with Gasteiger partial charge in [0.1, 0.15) is 5.60 Å². The normalized spacial score (nSPS) is 11.7. The van der Waals surface area contributed by atoms with Crippen LogP contribution in [0.25, 0.3) is 0 Å². The van der Waals surface area contributed by atoms with Crippen LogP contribution in [0, 0.1) is 10.1 Å². The highest BCUT2D eigenvalue weighted by atomic mass is 16.6. The fourth-order valence-corrected chi connectivity index (χ4v) is 1.91. The summed E-state index contributed by atoms with van der Waals surface area (Å²) in [5.41, 5.74) is 0.0414. The molecule has 23 heavy (non-hydrogen) atoms. The second kappa shape index (κ2) is 7.30. The Kier molecular flexibility index (Phi) is 5.95. The molecule has 128 valence electrons. The van der Waals surface area contributed by atoms with Crippen LogP contribution in [-0.2, 0) is 4.74 Å². The molecule has 1 rings (SSSR count). The van der Waals surface area contributed by atoms with Crippen molar-refractivity contribution >= 4 is 17.5 Å². The Morgan fingerprint density at radius 1 is 1.17 bits per heavy atom. The van der Waals surface area contributed by atoms with Crippen molar-refractivity contribution in [2.75, 3.05) is 11.9 Å². The largest absolute Gasteiger partial charge is 0.444 e. The van der Waals surface area contributed by atoms with Gasteiger partial charge in [-0.05, 0) is 53.2 Å². The monoisotopic (exact) mass is 323 g/mol. The summed E-state index contributed by atoms with van der Waals surface area (Å²) in [7, 11) is 0. The van der Waals surface area contributed by atoms with E-state index in [1.807, 2.05) is 34.6 Å². The SMILES string of the molecule is CC(C)(CCNC(=O)OC(C)(C)C)Nc1ccc([N+](=O)[O-])cc1. The molecule has 0 saturated heterocycles. The predicted molar refractivity (Wildman–Crippen MR) is 89.7 cm³/mol. The van der Waals surface area contributed by atoms with E-state index in [9.17, 15) is 14.9 Å². The van der Waals surface area contributed by atoms with Crippen LogP contribution in [0.1, 0.15) is 41.0 Å². The third kappa shape index (κ3) is 7.49. The van der Waals surface area contributed by atoms with Gasteiger partial charge in [0, 0.05) is 29.9 Å². The van der Waals surface area contributed by atoms with E-state index >= 15 is 0 Å². The number of nitro groups is 1. The maximum Gasteiger partial charge on any atom is 0.407 e. The summed E-state index contributed by atoms with van der Waals surface area (Å²) < 4.78 is 5.17. The zero-order valence-corrected chi connectivity index (χ0v) is 14.3. The van der Waals surface area contributed by atoms with Gasteiger partial charge in [0.15, 0.2) is 0 Å². The average molecular weight is 323 g/mol. The van der Waals surface area contributed by atoms with Gasteiger partial charge in [-0.2, -0.15) is 0 Å². The first kappa shape index (κ1) is 18.7. The Morgan fingerprint density at radius 2 is 1.74 bits per heavy atom. The van der Waals surface area contributed by atoms with Gasteiger partial charge in [0.2, 0.25) is 0 Å². The summed E-state index contributed by atoms with van der Waals surface area (Å²) >= 11 is 0. The van der Waals surface area contributed by atoms with Crippen molar-refractivity contribution in [2.24, 2.45) is 0 Å². The predicted octanol–water partition coefficient (Wildman–Crippen LogP) is 3.70. The second-order valence-corrected chi connectivity index (χ2v) is 6.99. The molecule has 0 unspecified atom stereocenters. The molecule has 0 bridgehead atoms. The quantitative estimate of drug-likeness (QED) is 0.615. The average Bonchev–Trinajstić information content (AvgIpc) is 2.36. The molecule has 0 heterocycles. The van der Waals surface area contributed by atoms with E-state index in [1.54, 1.807) is 12.1 Å². The Bertz CT molecular complexity index is 547. The lowest BCUT2D eigenvalue weighted by Crippen LogP contribution is -2.38. The number of rotatable bonds is 6. The van der Waals surface area contributed by atoms with Crippen LogP contribution in [-0.4, -0.2) is 28.7 Å². The molecule has 0 aliphatic heterocycles. The lowest BCUT2D eigenvalue weighted by molar-refractivity contribution is -0.384. The van der Waals surface area contributed by atoms with Crippen LogP contribution in [0.2, 0.25) is 0 Å². The number of nitrogens with one attached hydrogen (secondary N) is 2. The summed E-state index contributed by atoms with van der Waals surface area (Å²) in [5.74, 6) is 0. The van der Waals surface area contributed by atoms with Gasteiger partial charge in [-0.3, -0.25) is 10.1 Å². The van der Waals surface area contributed by atoms with Crippen molar-refractivity contribution in [3.05, 3.63) is 34.4 Å². The van der Waals surface area contributed by atoms with E-state index in [2.05, 4.69) is 10.6 Å². The van der Waals surface area contributed by atoms with Gasteiger partial charge < -0.3 is 15.4 Å². The minimum absolute atomic E-state index is 0.0555. The zero-order chi connectivity index (χ0) is 17.7. The number of carbonyl (C=O) groups excluding carboxylic acids is 1. The molecule has 7 heteroatoms. The molecular formula is C16H25N3O4. The Morgan fingerprint density at radius 3 is 2.22 bits per heavy atom. The first-order valence-electron chi connectivity index (χ1n) is 7.48. The fourth-order valence-electron chi connectivity index (χ4n) is 1.91. The topological polar surface area (TPSA) is 93.5 Å². The van der Waals surface area contributed by atoms with Gasteiger partial charge >= 0.3 is 6.09 Å². The van der Waals surface area contributed by atoms with E-state index in [1.165, 1.54) is 12.1 Å². The molecular weight excluding hydrogens is 298 g/mol. The highest BCUT2D eigenvalue weighted by molar-refractivity contribution is 5.67. The van der Waals surface area contributed by atoms with Crippen molar-refractivity contribution in [1.29, 1.82) is 0 Å². The van der Waals surface area contributed by atoms with Crippen molar-refractivity contribution in [3.8, 4) is 0 Å². The number of anilines is 1. The fraction of sp³-hybridized carbons (Fsp3) is 0.562. The molecule has 1 amide bonds. The summed E-state index contributed by atoms with van der Waals surface area (Å²) in [6, 6.07) is 6.25. The molecule has 1 aromatic rings. The van der Waals surface area contributed by atoms with Crippen LogP contribution >= 0.6 is 0 Å². The van der Waals surface area contributed by atoms with Gasteiger partial charge in [0.25, 0.3) is 5.69 Å². The third-order valence-corrected chi connectivity index (χ3v) is 2.98. The van der Waals surface area contributed by atoms with Gasteiger partial charge in [-0.25, -0.2) is 4.79 Å². The number of alkyl carbamates (subject to hydrolysis) is 1. The zero-order valence-electron chi connectivity index (χ0n) is 14.3. The summed E-state index contributed by atoms with van der Waals surface area (Å²) in [6.45, 7) is 9.88. The van der Waals surface area contributed by atoms with Crippen LogP contribution in [0.15, 0.2) is 24.3 Å². The number of amides is 1. The van der Waals surface area contributed by atoms with E-state index in [0.29, 0.717) is 13.0 Å². The van der Waals surface area contributed by atoms with Crippen molar-refractivity contribution in [2.45, 2.75) is 52.2 Å².